The van der Waals surface area contributed by atoms with Crippen LogP contribution in [0, 0.1) is 0 Å². The minimum Gasteiger partial charge on any atom is -0.399 e. The second-order valence-electron chi connectivity index (χ2n) is 8.25. The molecule has 0 spiro atoms. The number of aliphatic hydroxyl groups is 1. The van der Waals surface area contributed by atoms with E-state index in [0.717, 1.165) is 33.9 Å². The van der Waals surface area contributed by atoms with Crippen molar-refractivity contribution in [2.45, 2.75) is 60.5 Å². The van der Waals surface area contributed by atoms with E-state index in [9.17, 15) is 9.90 Å². The third-order valence-electron chi connectivity index (χ3n) is 6.08. The molecule has 37 heavy (non-hydrogen) atoms. The maximum absolute atomic E-state index is 12.8. The predicted octanol–water partition coefficient (Wildman–Crippen LogP) is 6.57. The normalized spacial score (nSPS) is 16.9. The summed E-state index contributed by atoms with van der Waals surface area (Å²) in [5.74, 6) is 0.00644. The van der Waals surface area contributed by atoms with Crippen LogP contribution in [0.15, 0.2) is 77.6 Å². The van der Waals surface area contributed by atoms with Crippen molar-refractivity contribution in [1.82, 2.24) is 9.80 Å². The number of amides is 1. The molecule has 4 rings (SSSR count). The molecule has 0 bridgehead atoms. The largest absolute Gasteiger partial charge is 0.399 e. The number of benzene rings is 2. The standard InChI is InChI=1S/C27H30N4O2.2C2H6/c1-3-23-17-29-25(18-31(23)26(4-2)20-9-11-22(28)12-10-20)19-5-7-21(8-6-19)27(33)30-15-13-24(32)14-16-30;2*1-2/h3-12,17-18,24,32H,13-16,28H2,1-2H3;2*1-2H3/b23-3+,26-4-;;. The molecular weight excluding hydrogens is 460 g/mol. The van der Waals surface area contributed by atoms with Crippen LogP contribution < -0.4 is 5.73 Å². The molecule has 1 fully saturated rings. The summed E-state index contributed by atoms with van der Waals surface area (Å²) in [5.41, 5.74) is 12.1. The molecule has 0 atom stereocenters. The molecule has 6 nitrogen and oxygen atoms in total. The van der Waals surface area contributed by atoms with Crippen LogP contribution in [-0.4, -0.2) is 46.2 Å². The highest BCUT2D eigenvalue weighted by molar-refractivity contribution is 5.95. The van der Waals surface area contributed by atoms with Gasteiger partial charge in [-0.25, -0.2) is 0 Å². The Bertz CT molecular complexity index is 1120. The van der Waals surface area contributed by atoms with E-state index < -0.39 is 0 Å². The van der Waals surface area contributed by atoms with E-state index in [0.29, 0.717) is 31.5 Å². The lowest BCUT2D eigenvalue weighted by Crippen LogP contribution is -2.40. The quantitative estimate of drug-likeness (QED) is 0.463. The second kappa shape index (κ2) is 14.8. The Morgan fingerprint density at radius 3 is 2.05 bits per heavy atom. The van der Waals surface area contributed by atoms with Crippen LogP contribution in [0.3, 0.4) is 0 Å². The third-order valence-corrected chi connectivity index (χ3v) is 6.08. The Morgan fingerprint density at radius 2 is 1.51 bits per heavy atom. The van der Waals surface area contributed by atoms with Gasteiger partial charge >= 0.3 is 0 Å². The van der Waals surface area contributed by atoms with Crippen molar-refractivity contribution < 1.29 is 9.90 Å². The summed E-state index contributed by atoms with van der Waals surface area (Å²) in [6.07, 6.45) is 8.94. The van der Waals surface area contributed by atoms with Crippen molar-refractivity contribution >= 4 is 29.2 Å². The molecule has 2 heterocycles. The zero-order valence-corrected chi connectivity index (χ0v) is 23.1. The number of nitrogens with two attached hydrogens (primary N) is 1. The summed E-state index contributed by atoms with van der Waals surface area (Å²) in [6, 6.07) is 15.4. The summed E-state index contributed by atoms with van der Waals surface area (Å²) in [5, 5.41) is 9.68. The Hall–Kier alpha value is -3.64. The van der Waals surface area contributed by atoms with Crippen molar-refractivity contribution in [2.24, 2.45) is 4.99 Å². The molecular formula is C31H42N4O2. The van der Waals surface area contributed by atoms with Gasteiger partial charge in [0.1, 0.15) is 0 Å². The number of likely N-dealkylation sites (tertiary alicyclic amines) is 1. The molecule has 0 aromatic heterocycles. The van der Waals surface area contributed by atoms with Crippen molar-refractivity contribution in [3.8, 4) is 0 Å². The molecule has 3 N–H and O–H groups in total. The Labute approximate surface area is 222 Å². The fourth-order valence-electron chi connectivity index (χ4n) is 4.13. The minimum atomic E-state index is -0.298. The lowest BCUT2D eigenvalue weighted by atomic mass is 10.0. The first kappa shape index (κ1) is 29.6. The van der Waals surface area contributed by atoms with E-state index in [1.165, 1.54) is 0 Å². The van der Waals surface area contributed by atoms with Gasteiger partial charge in [-0.1, -0.05) is 64.1 Å². The van der Waals surface area contributed by atoms with Crippen LogP contribution in [0.1, 0.15) is 75.9 Å². The number of carbonyl (C=O) groups excluding carboxylic acids is 1. The van der Waals surface area contributed by atoms with Crippen LogP contribution in [-0.2, 0) is 0 Å². The monoisotopic (exact) mass is 502 g/mol. The number of allylic oxidation sites excluding steroid dienone is 3. The van der Waals surface area contributed by atoms with E-state index in [4.69, 9.17) is 5.73 Å². The highest BCUT2D eigenvalue weighted by Gasteiger charge is 2.23. The van der Waals surface area contributed by atoms with Crippen LogP contribution in [0.25, 0.3) is 11.4 Å². The predicted molar refractivity (Wildman–Crippen MR) is 157 cm³/mol. The van der Waals surface area contributed by atoms with Crippen LogP contribution in [0.4, 0.5) is 5.69 Å². The van der Waals surface area contributed by atoms with Gasteiger partial charge in [0.25, 0.3) is 5.91 Å². The smallest absolute Gasteiger partial charge is 0.253 e. The number of carbonyl (C=O) groups is 1. The maximum Gasteiger partial charge on any atom is 0.253 e. The maximum atomic E-state index is 12.8. The molecule has 2 aromatic rings. The molecule has 6 heteroatoms. The van der Waals surface area contributed by atoms with E-state index in [1.54, 1.807) is 0 Å². The highest BCUT2D eigenvalue weighted by atomic mass is 16.3. The fraction of sp³-hybridized carbons (Fsp3) is 0.355. The second-order valence-corrected chi connectivity index (χ2v) is 8.25. The SMILES string of the molecule is C/C=C(/c1ccc(N)cc1)N1C=C(c2ccc(C(=O)N3CCC(O)CC3)cc2)N=C/C1=C\C.CC.CC. The third kappa shape index (κ3) is 7.43. The molecule has 0 aliphatic carbocycles. The fourth-order valence-corrected chi connectivity index (χ4v) is 4.13. The first-order chi connectivity index (χ1) is 18.0. The van der Waals surface area contributed by atoms with Crippen molar-refractivity contribution in [3.05, 3.63) is 89.3 Å². The number of rotatable bonds is 4. The molecule has 2 aliphatic rings. The van der Waals surface area contributed by atoms with E-state index >= 15 is 0 Å². The van der Waals surface area contributed by atoms with E-state index in [1.807, 2.05) is 113 Å². The topological polar surface area (TPSA) is 82.2 Å². The number of nitrogen functional groups attached to an aromatic ring is 1. The summed E-state index contributed by atoms with van der Waals surface area (Å²) in [4.78, 5) is 21.4. The Morgan fingerprint density at radius 1 is 0.946 bits per heavy atom. The Balaban J connectivity index is 0.00000115. The average molecular weight is 503 g/mol. The van der Waals surface area contributed by atoms with Gasteiger partial charge in [-0.05, 0) is 56.5 Å². The molecule has 0 radical (unpaired) electrons. The van der Waals surface area contributed by atoms with Gasteiger partial charge in [-0.2, -0.15) is 0 Å². The first-order valence-electron chi connectivity index (χ1n) is 13.3. The molecule has 198 valence electrons. The van der Waals surface area contributed by atoms with Gasteiger partial charge in [0.2, 0.25) is 0 Å². The zero-order valence-electron chi connectivity index (χ0n) is 23.1. The zero-order chi connectivity index (χ0) is 27.4. The molecule has 1 amide bonds. The molecule has 2 aromatic carbocycles. The van der Waals surface area contributed by atoms with Crippen molar-refractivity contribution in [3.63, 3.8) is 0 Å². The average Bonchev–Trinajstić information content (AvgIpc) is 2.96. The van der Waals surface area contributed by atoms with E-state index in [-0.39, 0.29) is 12.0 Å². The summed E-state index contributed by atoms with van der Waals surface area (Å²) in [6.45, 7) is 13.2. The van der Waals surface area contributed by atoms with Gasteiger partial charge in [0.05, 0.1) is 23.7 Å². The lowest BCUT2D eigenvalue weighted by Gasteiger charge is -2.29. The number of anilines is 1. The van der Waals surface area contributed by atoms with Crippen LogP contribution in [0.5, 0.6) is 0 Å². The molecule has 0 unspecified atom stereocenters. The molecule has 2 aliphatic heterocycles. The van der Waals surface area contributed by atoms with Crippen LogP contribution >= 0.6 is 0 Å². The molecule has 0 saturated carbocycles. The van der Waals surface area contributed by atoms with Crippen LogP contribution in [0.2, 0.25) is 0 Å². The van der Waals surface area contributed by atoms with Gasteiger partial charge in [0.15, 0.2) is 0 Å². The van der Waals surface area contributed by atoms with Gasteiger partial charge in [-0.15, -0.1) is 0 Å². The van der Waals surface area contributed by atoms with Gasteiger partial charge < -0.3 is 20.6 Å². The number of aliphatic imine (C=N–C) groups is 1. The van der Waals surface area contributed by atoms with Gasteiger partial charge in [-0.3, -0.25) is 9.79 Å². The van der Waals surface area contributed by atoms with Crippen molar-refractivity contribution in [1.29, 1.82) is 0 Å². The summed E-state index contributed by atoms with van der Waals surface area (Å²) < 4.78 is 0. The number of nitrogens with zero attached hydrogens (tertiary/aromatic N) is 3. The number of aliphatic hydroxyl groups excluding tert-OH is 1. The number of hydrogen-bond donors (Lipinski definition) is 2. The molecule has 1 saturated heterocycles. The first-order valence-corrected chi connectivity index (χ1v) is 13.3. The summed E-state index contributed by atoms with van der Waals surface area (Å²) >= 11 is 0. The number of piperidine rings is 1. The highest BCUT2D eigenvalue weighted by Crippen LogP contribution is 2.30. The lowest BCUT2D eigenvalue weighted by molar-refractivity contribution is 0.0546. The van der Waals surface area contributed by atoms with Crippen molar-refractivity contribution in [2.75, 3.05) is 18.8 Å². The minimum absolute atomic E-state index is 0.00644. The van der Waals surface area contributed by atoms with E-state index in [2.05, 4.69) is 16.0 Å². The Kier molecular flexibility index (Phi) is 11.8. The number of hydrogen-bond acceptors (Lipinski definition) is 5. The summed E-state index contributed by atoms with van der Waals surface area (Å²) in [7, 11) is 0. The van der Waals surface area contributed by atoms with Gasteiger partial charge in [0, 0.05) is 41.8 Å².